The molecule has 2 heteroatoms. The zero-order valence-corrected chi connectivity index (χ0v) is 6.16. The molecule has 0 fully saturated rings. The van der Waals surface area contributed by atoms with E-state index in [9.17, 15) is 0 Å². The fourth-order valence-corrected chi connectivity index (χ4v) is 0.865. The van der Waals surface area contributed by atoms with Crippen LogP contribution in [0.2, 0.25) is 0 Å². The van der Waals surface area contributed by atoms with Crippen LogP contribution in [-0.2, 0) is 4.74 Å². The molecule has 0 radical (unpaired) electrons. The van der Waals surface area contributed by atoms with Crippen molar-refractivity contribution < 1.29 is 4.74 Å². The van der Waals surface area contributed by atoms with Gasteiger partial charge in [-0.15, -0.1) is 0 Å². The monoisotopic (exact) mass is 144 g/mol. The first kappa shape index (κ1) is 6.84. The predicted molar refractivity (Wildman–Crippen MR) is 38.5 cm³/mol. The van der Waals surface area contributed by atoms with Crippen LogP contribution in [0.1, 0.15) is 6.92 Å². The van der Waals surface area contributed by atoms with Crippen molar-refractivity contribution in [3.8, 4) is 0 Å². The lowest BCUT2D eigenvalue weighted by molar-refractivity contribution is 0.174. The zero-order chi connectivity index (χ0) is 6.85. The minimum absolute atomic E-state index is 0.580. The summed E-state index contributed by atoms with van der Waals surface area (Å²) >= 11 is 5.82. The summed E-state index contributed by atoms with van der Waals surface area (Å²) in [5, 5.41) is 0.793. The van der Waals surface area contributed by atoms with Gasteiger partial charge in [-0.25, -0.2) is 0 Å². The normalized spacial score (nSPS) is 20.9. The van der Waals surface area contributed by atoms with E-state index in [0.717, 1.165) is 16.2 Å². The molecule has 0 saturated heterocycles. The molecule has 0 aromatic heterocycles. The smallest absolute Gasteiger partial charge is 0.0729 e. The van der Waals surface area contributed by atoms with Crippen molar-refractivity contribution in [3.05, 3.63) is 22.8 Å². The van der Waals surface area contributed by atoms with Crippen molar-refractivity contribution in [2.75, 3.05) is 13.2 Å². The minimum Gasteiger partial charge on any atom is -0.372 e. The second-order valence-electron chi connectivity index (χ2n) is 2.19. The van der Waals surface area contributed by atoms with Gasteiger partial charge in [0.05, 0.1) is 13.2 Å². The third-order valence-electron chi connectivity index (χ3n) is 1.28. The lowest BCUT2D eigenvalue weighted by Gasteiger charge is -2.15. The molecule has 0 aromatic carbocycles. The standard InChI is InChI=1S/C7H9ClO/c1-5-3-9-4-6(2)7(5)8/h1,3-4H2,2H3. The fourth-order valence-electron chi connectivity index (χ4n) is 0.756. The topological polar surface area (TPSA) is 9.23 Å². The third-order valence-corrected chi connectivity index (χ3v) is 1.87. The SMILES string of the molecule is C=C1COCC(C)=C1Cl. The van der Waals surface area contributed by atoms with Gasteiger partial charge in [0.25, 0.3) is 0 Å². The van der Waals surface area contributed by atoms with Gasteiger partial charge in [-0.1, -0.05) is 18.2 Å². The van der Waals surface area contributed by atoms with Crippen molar-refractivity contribution in [1.29, 1.82) is 0 Å². The number of ether oxygens (including phenoxy) is 1. The third kappa shape index (κ3) is 1.35. The number of halogens is 1. The van der Waals surface area contributed by atoms with Crippen molar-refractivity contribution >= 4 is 11.6 Å². The Kier molecular flexibility index (Phi) is 1.94. The van der Waals surface area contributed by atoms with Gasteiger partial charge in [-0.05, 0) is 18.1 Å². The van der Waals surface area contributed by atoms with Crippen molar-refractivity contribution in [2.45, 2.75) is 6.92 Å². The first-order valence-electron chi connectivity index (χ1n) is 2.83. The highest BCUT2D eigenvalue weighted by Gasteiger charge is 2.09. The van der Waals surface area contributed by atoms with Gasteiger partial charge in [0.1, 0.15) is 0 Å². The zero-order valence-electron chi connectivity index (χ0n) is 5.41. The maximum atomic E-state index is 5.82. The molecule has 0 amide bonds. The molecule has 0 N–H and O–H groups in total. The molecule has 1 aliphatic heterocycles. The Hall–Kier alpha value is -0.270. The largest absolute Gasteiger partial charge is 0.372 e. The Morgan fingerprint density at radius 1 is 1.56 bits per heavy atom. The summed E-state index contributed by atoms with van der Waals surface area (Å²) in [7, 11) is 0. The maximum absolute atomic E-state index is 5.82. The second kappa shape index (κ2) is 2.54. The summed E-state index contributed by atoms with van der Waals surface area (Å²) in [4.78, 5) is 0. The Balaban J connectivity index is 2.84. The summed E-state index contributed by atoms with van der Waals surface area (Å²) in [5.74, 6) is 0. The molecule has 0 aromatic rings. The second-order valence-corrected chi connectivity index (χ2v) is 2.57. The maximum Gasteiger partial charge on any atom is 0.0729 e. The highest BCUT2D eigenvalue weighted by Crippen LogP contribution is 2.22. The van der Waals surface area contributed by atoms with E-state index in [1.54, 1.807) is 0 Å². The molecular formula is C7H9ClO. The highest BCUT2D eigenvalue weighted by molar-refractivity contribution is 6.32. The summed E-state index contributed by atoms with van der Waals surface area (Å²) in [6.45, 7) is 6.91. The number of hydrogen-bond donors (Lipinski definition) is 0. The van der Waals surface area contributed by atoms with Gasteiger partial charge in [0, 0.05) is 5.03 Å². The Morgan fingerprint density at radius 3 is 2.67 bits per heavy atom. The molecule has 1 nitrogen and oxygen atoms in total. The molecule has 1 heterocycles. The van der Waals surface area contributed by atoms with Gasteiger partial charge in [-0.3, -0.25) is 0 Å². The molecule has 1 rings (SSSR count). The summed E-state index contributed by atoms with van der Waals surface area (Å²) in [6, 6.07) is 0. The van der Waals surface area contributed by atoms with Crippen LogP contribution in [0, 0.1) is 0 Å². The number of hydrogen-bond acceptors (Lipinski definition) is 1. The summed E-state index contributed by atoms with van der Waals surface area (Å²) in [6.07, 6.45) is 0. The summed E-state index contributed by atoms with van der Waals surface area (Å²) in [5.41, 5.74) is 1.97. The van der Waals surface area contributed by atoms with Crippen LogP contribution >= 0.6 is 11.6 Å². The molecule has 0 saturated carbocycles. The average molecular weight is 145 g/mol. The quantitative estimate of drug-likeness (QED) is 0.506. The van der Waals surface area contributed by atoms with Crippen LogP contribution in [0.15, 0.2) is 22.8 Å². The van der Waals surface area contributed by atoms with Crippen LogP contribution in [0.4, 0.5) is 0 Å². The van der Waals surface area contributed by atoms with Crippen LogP contribution in [0.3, 0.4) is 0 Å². The molecule has 50 valence electrons. The van der Waals surface area contributed by atoms with Crippen LogP contribution in [0.25, 0.3) is 0 Å². The van der Waals surface area contributed by atoms with Crippen LogP contribution in [-0.4, -0.2) is 13.2 Å². The van der Waals surface area contributed by atoms with Gasteiger partial charge >= 0.3 is 0 Å². The van der Waals surface area contributed by atoms with E-state index in [0.29, 0.717) is 13.2 Å². The molecule has 0 atom stereocenters. The molecule has 9 heavy (non-hydrogen) atoms. The molecule has 1 aliphatic rings. The van der Waals surface area contributed by atoms with E-state index in [1.165, 1.54) is 0 Å². The van der Waals surface area contributed by atoms with Crippen molar-refractivity contribution in [1.82, 2.24) is 0 Å². The van der Waals surface area contributed by atoms with Gasteiger partial charge in [0.15, 0.2) is 0 Å². The van der Waals surface area contributed by atoms with Crippen LogP contribution < -0.4 is 0 Å². The Bertz CT molecular complexity index is 170. The predicted octanol–water partition coefficient (Wildman–Crippen LogP) is 2.09. The molecule has 0 aliphatic carbocycles. The van der Waals surface area contributed by atoms with Crippen molar-refractivity contribution in [3.63, 3.8) is 0 Å². The molecular weight excluding hydrogens is 136 g/mol. The van der Waals surface area contributed by atoms with E-state index in [-0.39, 0.29) is 0 Å². The fraction of sp³-hybridized carbons (Fsp3) is 0.429. The molecule has 0 bridgehead atoms. The lowest BCUT2D eigenvalue weighted by atomic mass is 10.2. The summed E-state index contributed by atoms with van der Waals surface area (Å²) < 4.78 is 5.12. The highest BCUT2D eigenvalue weighted by atomic mass is 35.5. The number of rotatable bonds is 0. The first-order chi connectivity index (χ1) is 4.22. The Morgan fingerprint density at radius 2 is 2.22 bits per heavy atom. The van der Waals surface area contributed by atoms with E-state index >= 15 is 0 Å². The van der Waals surface area contributed by atoms with Gasteiger partial charge < -0.3 is 4.74 Å². The molecule has 0 unspecified atom stereocenters. The van der Waals surface area contributed by atoms with E-state index < -0.39 is 0 Å². The van der Waals surface area contributed by atoms with Crippen molar-refractivity contribution in [2.24, 2.45) is 0 Å². The van der Waals surface area contributed by atoms with E-state index in [2.05, 4.69) is 6.58 Å². The van der Waals surface area contributed by atoms with Crippen LogP contribution in [0.5, 0.6) is 0 Å². The van der Waals surface area contributed by atoms with Gasteiger partial charge in [0.2, 0.25) is 0 Å². The van der Waals surface area contributed by atoms with Gasteiger partial charge in [-0.2, -0.15) is 0 Å². The minimum atomic E-state index is 0.580. The Labute approximate surface area is 60.0 Å². The van der Waals surface area contributed by atoms with E-state index in [1.807, 2.05) is 6.92 Å². The lowest BCUT2D eigenvalue weighted by Crippen LogP contribution is -2.08. The molecule has 0 spiro atoms. The average Bonchev–Trinajstić information content (AvgIpc) is 1.83. The first-order valence-corrected chi connectivity index (χ1v) is 3.20. The van der Waals surface area contributed by atoms with E-state index in [4.69, 9.17) is 16.3 Å².